The van der Waals surface area contributed by atoms with Gasteiger partial charge in [-0.1, -0.05) is 30.3 Å². The maximum absolute atomic E-state index is 11.9. The summed E-state index contributed by atoms with van der Waals surface area (Å²) < 4.78 is 5.30. The van der Waals surface area contributed by atoms with Gasteiger partial charge in [-0.05, 0) is 25.1 Å². The first-order valence-electron chi connectivity index (χ1n) is 7.04. The van der Waals surface area contributed by atoms with Gasteiger partial charge < -0.3 is 4.74 Å². The predicted octanol–water partition coefficient (Wildman–Crippen LogP) is 1.82. The van der Waals surface area contributed by atoms with Crippen molar-refractivity contribution < 1.29 is 19.2 Å². The van der Waals surface area contributed by atoms with Gasteiger partial charge in [0.1, 0.15) is 0 Å². The van der Waals surface area contributed by atoms with E-state index >= 15 is 0 Å². The second kappa shape index (κ2) is 7.73. The maximum Gasteiger partial charge on any atom is 0.310 e. The first-order chi connectivity index (χ1) is 11.5. The molecule has 1 atom stereocenters. The SMILES string of the molecule is C[C@H](Oc1ccccc1[N+](=O)[O-])C(=O)NNC(=O)c1ccccc1. The molecule has 2 rings (SSSR count). The molecule has 0 bridgehead atoms. The predicted molar refractivity (Wildman–Crippen MR) is 85.2 cm³/mol. The Bertz CT molecular complexity index is 748. The van der Waals surface area contributed by atoms with Crippen LogP contribution in [0.5, 0.6) is 5.75 Å². The van der Waals surface area contributed by atoms with Crippen LogP contribution in [0.4, 0.5) is 5.69 Å². The lowest BCUT2D eigenvalue weighted by molar-refractivity contribution is -0.386. The summed E-state index contributed by atoms with van der Waals surface area (Å²) in [6.07, 6.45) is -1.04. The fourth-order valence-electron chi connectivity index (χ4n) is 1.83. The number of hydrogen-bond donors (Lipinski definition) is 2. The van der Waals surface area contributed by atoms with Gasteiger partial charge in [-0.25, -0.2) is 0 Å². The van der Waals surface area contributed by atoms with Crippen molar-refractivity contribution in [2.45, 2.75) is 13.0 Å². The van der Waals surface area contributed by atoms with Gasteiger partial charge in [-0.2, -0.15) is 0 Å². The lowest BCUT2D eigenvalue weighted by Gasteiger charge is -2.15. The molecule has 0 saturated carbocycles. The molecule has 0 saturated heterocycles. The van der Waals surface area contributed by atoms with Crippen LogP contribution in [-0.4, -0.2) is 22.8 Å². The average Bonchev–Trinajstić information content (AvgIpc) is 2.60. The van der Waals surface area contributed by atoms with Gasteiger partial charge >= 0.3 is 5.69 Å². The van der Waals surface area contributed by atoms with E-state index in [0.717, 1.165) is 0 Å². The van der Waals surface area contributed by atoms with Crippen molar-refractivity contribution >= 4 is 17.5 Å². The highest BCUT2D eigenvalue weighted by Crippen LogP contribution is 2.26. The van der Waals surface area contributed by atoms with Crippen LogP contribution in [0.15, 0.2) is 54.6 Å². The number of nitrogens with one attached hydrogen (secondary N) is 2. The minimum atomic E-state index is -1.04. The highest BCUT2D eigenvalue weighted by molar-refractivity contribution is 5.95. The molecule has 2 aromatic rings. The number of ether oxygens (including phenoxy) is 1. The molecule has 0 heterocycles. The third kappa shape index (κ3) is 4.29. The van der Waals surface area contributed by atoms with Crippen molar-refractivity contribution in [3.8, 4) is 5.75 Å². The molecule has 0 aliphatic rings. The summed E-state index contributed by atoms with van der Waals surface area (Å²) in [6.45, 7) is 1.42. The van der Waals surface area contributed by atoms with E-state index in [4.69, 9.17) is 4.74 Å². The summed E-state index contributed by atoms with van der Waals surface area (Å²) in [5, 5.41) is 10.9. The number of benzene rings is 2. The largest absolute Gasteiger partial charge is 0.474 e. The zero-order chi connectivity index (χ0) is 17.5. The third-order valence-corrected chi connectivity index (χ3v) is 3.07. The Labute approximate surface area is 137 Å². The highest BCUT2D eigenvalue weighted by Gasteiger charge is 2.21. The minimum absolute atomic E-state index is 0.0282. The van der Waals surface area contributed by atoms with Crippen molar-refractivity contribution in [1.82, 2.24) is 10.9 Å². The molecule has 24 heavy (non-hydrogen) atoms. The fourth-order valence-corrected chi connectivity index (χ4v) is 1.83. The Kier molecular flexibility index (Phi) is 5.45. The van der Waals surface area contributed by atoms with E-state index in [2.05, 4.69) is 10.9 Å². The van der Waals surface area contributed by atoms with Crippen LogP contribution >= 0.6 is 0 Å². The number of nitro benzene ring substituents is 1. The first kappa shape index (κ1) is 16.9. The molecular formula is C16H15N3O5. The zero-order valence-electron chi connectivity index (χ0n) is 12.8. The van der Waals surface area contributed by atoms with E-state index in [1.165, 1.54) is 25.1 Å². The molecule has 2 amide bonds. The second-order valence-electron chi connectivity index (χ2n) is 4.79. The van der Waals surface area contributed by atoms with Crippen molar-refractivity contribution in [3.05, 3.63) is 70.3 Å². The molecular weight excluding hydrogens is 314 g/mol. The van der Waals surface area contributed by atoms with Crippen LogP contribution < -0.4 is 15.6 Å². The number of hydrazine groups is 1. The summed E-state index contributed by atoms with van der Waals surface area (Å²) >= 11 is 0. The number of nitro groups is 1. The number of rotatable bonds is 5. The van der Waals surface area contributed by atoms with Gasteiger partial charge in [0.2, 0.25) is 0 Å². The number of amides is 2. The first-order valence-corrected chi connectivity index (χ1v) is 7.04. The Morgan fingerprint density at radius 1 is 1.04 bits per heavy atom. The number of carbonyl (C=O) groups is 2. The van der Waals surface area contributed by atoms with Gasteiger partial charge in [0.15, 0.2) is 11.9 Å². The lowest BCUT2D eigenvalue weighted by Crippen LogP contribution is -2.47. The Balaban J connectivity index is 1.93. The number of nitrogens with zero attached hydrogens (tertiary/aromatic N) is 1. The van der Waals surface area contributed by atoms with E-state index in [9.17, 15) is 19.7 Å². The van der Waals surface area contributed by atoms with Crippen LogP contribution in [0.25, 0.3) is 0 Å². The minimum Gasteiger partial charge on any atom is -0.474 e. The third-order valence-electron chi connectivity index (χ3n) is 3.07. The van der Waals surface area contributed by atoms with Crippen molar-refractivity contribution in [2.24, 2.45) is 0 Å². The molecule has 0 fully saturated rings. The maximum atomic E-state index is 11.9. The van der Waals surface area contributed by atoms with E-state index < -0.39 is 22.8 Å². The standard InChI is InChI=1S/C16H15N3O5/c1-11(24-14-10-6-5-9-13(14)19(22)23)15(20)17-18-16(21)12-7-3-2-4-8-12/h2-11H,1H3,(H,17,20)(H,18,21)/t11-/m0/s1. The highest BCUT2D eigenvalue weighted by atomic mass is 16.6. The van der Waals surface area contributed by atoms with Crippen molar-refractivity contribution in [2.75, 3.05) is 0 Å². The van der Waals surface area contributed by atoms with E-state index in [0.29, 0.717) is 5.56 Å². The molecule has 124 valence electrons. The van der Waals surface area contributed by atoms with E-state index in [1.54, 1.807) is 36.4 Å². The molecule has 0 aromatic heterocycles. The Morgan fingerprint density at radius 3 is 2.33 bits per heavy atom. The Hall–Kier alpha value is -3.42. The summed E-state index contributed by atoms with van der Waals surface area (Å²) in [5.41, 5.74) is 4.60. The molecule has 0 spiro atoms. The molecule has 2 aromatic carbocycles. The summed E-state index contributed by atoms with van der Waals surface area (Å²) in [7, 11) is 0. The molecule has 0 aliphatic carbocycles. The molecule has 2 N–H and O–H groups in total. The fraction of sp³-hybridized carbons (Fsp3) is 0.125. The van der Waals surface area contributed by atoms with Crippen LogP contribution in [0.1, 0.15) is 17.3 Å². The normalized spacial score (nSPS) is 11.2. The van der Waals surface area contributed by atoms with Gasteiger partial charge in [0, 0.05) is 11.6 Å². The molecule has 8 nitrogen and oxygen atoms in total. The quantitative estimate of drug-likeness (QED) is 0.642. The molecule has 0 aliphatic heterocycles. The van der Waals surface area contributed by atoms with Crippen LogP contribution in [0.3, 0.4) is 0 Å². The summed E-state index contributed by atoms with van der Waals surface area (Å²) in [5.74, 6) is -1.15. The second-order valence-corrected chi connectivity index (χ2v) is 4.79. The van der Waals surface area contributed by atoms with Crippen LogP contribution in [0.2, 0.25) is 0 Å². The number of hydrogen-bond acceptors (Lipinski definition) is 5. The van der Waals surface area contributed by atoms with Crippen molar-refractivity contribution in [1.29, 1.82) is 0 Å². The molecule has 8 heteroatoms. The van der Waals surface area contributed by atoms with Gasteiger partial charge in [0.05, 0.1) is 4.92 Å². The van der Waals surface area contributed by atoms with Crippen LogP contribution in [0, 0.1) is 10.1 Å². The van der Waals surface area contributed by atoms with Gasteiger partial charge in [0.25, 0.3) is 11.8 Å². The van der Waals surface area contributed by atoms with E-state index in [1.807, 2.05) is 0 Å². The van der Waals surface area contributed by atoms with Crippen molar-refractivity contribution in [3.63, 3.8) is 0 Å². The smallest absolute Gasteiger partial charge is 0.310 e. The van der Waals surface area contributed by atoms with Gasteiger partial charge in [-0.3, -0.25) is 30.6 Å². The summed E-state index contributed by atoms with van der Waals surface area (Å²) in [6, 6.07) is 14.1. The molecule has 0 unspecified atom stereocenters. The Morgan fingerprint density at radius 2 is 1.67 bits per heavy atom. The number of para-hydroxylation sites is 2. The number of carbonyl (C=O) groups excluding carboxylic acids is 2. The van der Waals surface area contributed by atoms with E-state index in [-0.39, 0.29) is 11.4 Å². The van der Waals surface area contributed by atoms with Gasteiger partial charge in [-0.15, -0.1) is 0 Å². The molecule has 0 radical (unpaired) electrons. The monoisotopic (exact) mass is 329 g/mol. The lowest BCUT2D eigenvalue weighted by atomic mass is 10.2. The summed E-state index contributed by atoms with van der Waals surface area (Å²) in [4.78, 5) is 34.1. The average molecular weight is 329 g/mol. The topological polar surface area (TPSA) is 111 Å². The van der Waals surface area contributed by atoms with Crippen LogP contribution in [-0.2, 0) is 4.79 Å². The zero-order valence-corrected chi connectivity index (χ0v) is 12.8.